The number of carbonyl (C=O) groups is 1. The first-order chi connectivity index (χ1) is 22.1. The van der Waals surface area contributed by atoms with Crippen molar-refractivity contribution in [3.05, 3.63) is 95.2 Å². The monoisotopic (exact) mass is 636 g/mol. The second-order valence-corrected chi connectivity index (χ2v) is 11.1. The second kappa shape index (κ2) is 12.6. The van der Waals surface area contributed by atoms with Crippen molar-refractivity contribution >= 4 is 17.0 Å². The van der Waals surface area contributed by atoms with Gasteiger partial charge in [-0.15, -0.1) is 5.10 Å². The largest absolute Gasteiger partial charge is 0.478 e. The topological polar surface area (TPSA) is 127 Å². The van der Waals surface area contributed by atoms with Crippen LogP contribution in [-0.2, 0) is 26.2 Å². The average Bonchev–Trinajstić information content (AvgIpc) is 3.75. The summed E-state index contributed by atoms with van der Waals surface area (Å²) in [6, 6.07) is 12.4. The molecule has 1 aliphatic rings. The predicted molar refractivity (Wildman–Crippen MR) is 155 cm³/mol. The number of hydrogen-bond acceptors (Lipinski definition) is 7. The van der Waals surface area contributed by atoms with Crippen molar-refractivity contribution in [3.63, 3.8) is 0 Å². The molecular formula is C31H28F4N8O3. The van der Waals surface area contributed by atoms with Crippen LogP contribution in [0.2, 0.25) is 0 Å². The predicted octanol–water partition coefficient (Wildman–Crippen LogP) is 5.16. The van der Waals surface area contributed by atoms with Gasteiger partial charge in [-0.1, -0.05) is 6.07 Å². The number of rotatable bonds is 10. The molecule has 2 aromatic carbocycles. The quantitative estimate of drug-likeness (QED) is 0.208. The van der Waals surface area contributed by atoms with E-state index in [9.17, 15) is 27.5 Å². The molecule has 11 nitrogen and oxygen atoms in total. The Morgan fingerprint density at radius 3 is 2.63 bits per heavy atom. The summed E-state index contributed by atoms with van der Waals surface area (Å²) in [5, 5.41) is 23.0. The van der Waals surface area contributed by atoms with Crippen LogP contribution in [0.1, 0.15) is 51.9 Å². The van der Waals surface area contributed by atoms with Crippen molar-refractivity contribution in [2.24, 2.45) is 0 Å². The molecule has 0 amide bonds. The fourth-order valence-corrected chi connectivity index (χ4v) is 5.61. The maximum absolute atomic E-state index is 14.2. The zero-order valence-electron chi connectivity index (χ0n) is 24.4. The van der Waals surface area contributed by atoms with Gasteiger partial charge < -0.3 is 19.0 Å². The SMILES string of the molecule is N#Cc1ccc(COc2ccn(C3CCN(Cc4nc5ccc(C(=O)O)cc5n4Cc4cncn4CC(F)(F)F)CC3)n2)c(F)c1. The van der Waals surface area contributed by atoms with Crippen molar-refractivity contribution in [2.75, 3.05) is 13.1 Å². The lowest BCUT2D eigenvalue weighted by Crippen LogP contribution is -2.35. The molecule has 4 heterocycles. The number of aromatic carboxylic acids is 1. The Labute approximate surface area is 259 Å². The number of benzene rings is 2. The van der Waals surface area contributed by atoms with E-state index in [0.717, 1.165) is 29.8 Å². The molecule has 1 aliphatic heterocycles. The van der Waals surface area contributed by atoms with E-state index in [1.165, 1.54) is 30.5 Å². The molecular weight excluding hydrogens is 608 g/mol. The Hall–Kier alpha value is -5.23. The Morgan fingerprint density at radius 1 is 1.11 bits per heavy atom. The molecule has 3 aromatic heterocycles. The number of likely N-dealkylation sites (tertiary alicyclic amines) is 1. The number of aromatic nitrogens is 6. The fraction of sp³-hybridized carbons (Fsp3) is 0.323. The van der Waals surface area contributed by atoms with E-state index in [-0.39, 0.29) is 30.3 Å². The van der Waals surface area contributed by atoms with Crippen LogP contribution in [0, 0.1) is 17.1 Å². The van der Waals surface area contributed by atoms with Gasteiger partial charge in [-0.25, -0.2) is 19.2 Å². The smallest absolute Gasteiger partial charge is 0.406 e. The minimum Gasteiger partial charge on any atom is -0.478 e. The summed E-state index contributed by atoms with van der Waals surface area (Å²) in [5.41, 5.74) is 1.97. The molecule has 238 valence electrons. The van der Waals surface area contributed by atoms with E-state index < -0.39 is 24.5 Å². The van der Waals surface area contributed by atoms with Crippen molar-refractivity contribution < 1.29 is 32.2 Å². The van der Waals surface area contributed by atoms with Crippen molar-refractivity contribution in [1.29, 1.82) is 5.26 Å². The minimum atomic E-state index is -4.43. The van der Waals surface area contributed by atoms with E-state index in [1.807, 2.05) is 16.9 Å². The zero-order chi connectivity index (χ0) is 32.4. The summed E-state index contributed by atoms with van der Waals surface area (Å²) < 4.78 is 64.1. The van der Waals surface area contributed by atoms with E-state index in [1.54, 1.807) is 16.7 Å². The summed E-state index contributed by atoms with van der Waals surface area (Å²) in [4.78, 5) is 22.5. The lowest BCUT2D eigenvalue weighted by Gasteiger charge is -2.31. The van der Waals surface area contributed by atoms with Gasteiger partial charge in [0.1, 0.15) is 24.8 Å². The number of nitriles is 1. The Morgan fingerprint density at radius 2 is 1.91 bits per heavy atom. The summed E-state index contributed by atoms with van der Waals surface area (Å²) in [7, 11) is 0. The number of alkyl halides is 3. The summed E-state index contributed by atoms with van der Waals surface area (Å²) in [6.07, 6.45) is 1.40. The molecule has 1 fully saturated rings. The Kier molecular flexibility index (Phi) is 8.46. The fourth-order valence-electron chi connectivity index (χ4n) is 5.61. The van der Waals surface area contributed by atoms with Crippen LogP contribution in [-0.4, -0.2) is 64.1 Å². The van der Waals surface area contributed by atoms with Gasteiger partial charge in [-0.3, -0.25) is 9.58 Å². The molecule has 0 atom stereocenters. The zero-order valence-corrected chi connectivity index (χ0v) is 24.4. The number of piperidine rings is 1. The molecule has 0 spiro atoms. The molecule has 6 rings (SSSR count). The van der Waals surface area contributed by atoms with Gasteiger partial charge in [0.15, 0.2) is 0 Å². The van der Waals surface area contributed by atoms with Crippen LogP contribution < -0.4 is 4.74 Å². The molecule has 0 radical (unpaired) electrons. The van der Waals surface area contributed by atoms with Crippen LogP contribution in [0.15, 0.2) is 61.2 Å². The van der Waals surface area contributed by atoms with Gasteiger partial charge in [-0.2, -0.15) is 18.4 Å². The lowest BCUT2D eigenvalue weighted by atomic mass is 10.1. The van der Waals surface area contributed by atoms with Crippen molar-refractivity contribution in [2.45, 2.75) is 51.3 Å². The number of nitrogens with zero attached hydrogens (tertiary/aromatic N) is 8. The highest BCUT2D eigenvalue weighted by atomic mass is 19.4. The Balaban J connectivity index is 1.13. The first-order valence-corrected chi connectivity index (χ1v) is 14.4. The number of hydrogen-bond donors (Lipinski definition) is 1. The first-order valence-electron chi connectivity index (χ1n) is 14.4. The van der Waals surface area contributed by atoms with Gasteiger partial charge >= 0.3 is 12.1 Å². The third kappa shape index (κ3) is 6.86. The Bertz CT molecular complexity index is 1910. The van der Waals surface area contributed by atoms with Gasteiger partial charge in [0.2, 0.25) is 5.88 Å². The number of fused-ring (bicyclic) bond motifs is 1. The number of ether oxygens (including phenoxy) is 1. The van der Waals surface area contributed by atoms with Crippen LogP contribution in [0.3, 0.4) is 0 Å². The van der Waals surface area contributed by atoms with E-state index in [4.69, 9.17) is 15.0 Å². The summed E-state index contributed by atoms with van der Waals surface area (Å²) in [6.45, 7) is 0.591. The maximum atomic E-state index is 14.2. The highest BCUT2D eigenvalue weighted by molar-refractivity contribution is 5.92. The number of carboxylic acids is 1. The third-order valence-electron chi connectivity index (χ3n) is 7.98. The average molecular weight is 637 g/mol. The maximum Gasteiger partial charge on any atom is 0.406 e. The van der Waals surface area contributed by atoms with Crippen molar-refractivity contribution in [3.8, 4) is 11.9 Å². The van der Waals surface area contributed by atoms with E-state index >= 15 is 0 Å². The van der Waals surface area contributed by atoms with E-state index in [0.29, 0.717) is 53.6 Å². The van der Waals surface area contributed by atoms with Crippen LogP contribution >= 0.6 is 0 Å². The van der Waals surface area contributed by atoms with Gasteiger partial charge in [0, 0.05) is 37.1 Å². The van der Waals surface area contributed by atoms with Crippen LogP contribution in [0.5, 0.6) is 5.88 Å². The molecule has 1 N–H and O–H groups in total. The lowest BCUT2D eigenvalue weighted by molar-refractivity contribution is -0.141. The van der Waals surface area contributed by atoms with Crippen molar-refractivity contribution in [1.82, 2.24) is 33.8 Å². The highest BCUT2D eigenvalue weighted by Crippen LogP contribution is 2.27. The number of imidazole rings is 2. The molecule has 0 unspecified atom stereocenters. The molecule has 1 saturated heterocycles. The summed E-state index contributed by atoms with van der Waals surface area (Å²) >= 11 is 0. The highest BCUT2D eigenvalue weighted by Gasteiger charge is 2.29. The minimum absolute atomic E-state index is 0.0288. The molecule has 5 aromatic rings. The normalized spacial score (nSPS) is 14.5. The first kappa shape index (κ1) is 30.8. The summed E-state index contributed by atoms with van der Waals surface area (Å²) in [5.74, 6) is -0.686. The molecule has 0 saturated carbocycles. The van der Waals surface area contributed by atoms with Gasteiger partial charge in [0.25, 0.3) is 0 Å². The molecule has 15 heteroatoms. The van der Waals surface area contributed by atoms with Crippen LogP contribution in [0.25, 0.3) is 11.0 Å². The standard InChI is InChI=1S/C31H28F4N8O3/c32-25-11-20(13-36)1-2-22(25)17-46-29-7-10-43(39-29)23-5-8-40(9-6-23)16-28-38-26-4-3-21(30(44)45)12-27(26)42(28)15-24-14-37-19-41(24)18-31(33,34)35/h1-4,7,10-12,14,19,23H,5-6,8-9,15-18H2,(H,44,45). The molecule has 46 heavy (non-hydrogen) atoms. The molecule has 0 aliphatic carbocycles. The second-order valence-electron chi connectivity index (χ2n) is 11.1. The van der Waals surface area contributed by atoms with Gasteiger partial charge in [0.05, 0.1) is 59.4 Å². The molecule has 0 bridgehead atoms. The van der Waals surface area contributed by atoms with Crippen LogP contribution in [0.4, 0.5) is 17.6 Å². The van der Waals surface area contributed by atoms with Gasteiger partial charge in [-0.05, 0) is 43.2 Å². The number of carboxylic acid groups (broad SMARTS) is 1. The third-order valence-corrected chi connectivity index (χ3v) is 7.98. The number of halogens is 4. The van der Waals surface area contributed by atoms with E-state index in [2.05, 4.69) is 15.0 Å².